The number of carbonyl (C=O) groups excluding carboxylic acids is 3. The lowest BCUT2D eigenvalue weighted by Gasteiger charge is -2.39. The molecule has 0 radical (unpaired) electrons. The van der Waals surface area contributed by atoms with Crippen LogP contribution in [0.25, 0.3) is 0 Å². The van der Waals surface area contributed by atoms with Crippen molar-refractivity contribution in [1.82, 2.24) is 9.80 Å². The SMILES string of the molecule is CCOC(=O)CN1CCN(C(=O)OC(C)(C)C)C(CO)C1=O. The number of aliphatic hydroxyl groups is 1. The number of hydrogen-bond donors (Lipinski definition) is 1. The van der Waals surface area contributed by atoms with Crippen LogP contribution in [0.2, 0.25) is 0 Å². The Morgan fingerprint density at radius 2 is 1.95 bits per heavy atom. The molecule has 1 atom stereocenters. The van der Waals surface area contributed by atoms with E-state index in [0.717, 1.165) is 0 Å². The zero-order valence-corrected chi connectivity index (χ0v) is 13.5. The normalized spacial score (nSPS) is 19.1. The minimum absolute atomic E-state index is 0.186. The van der Waals surface area contributed by atoms with Crippen LogP contribution in [0.5, 0.6) is 0 Å². The van der Waals surface area contributed by atoms with E-state index < -0.39 is 36.2 Å². The maximum atomic E-state index is 12.3. The van der Waals surface area contributed by atoms with Crippen molar-refractivity contribution in [1.29, 1.82) is 0 Å². The molecule has 0 aliphatic carbocycles. The smallest absolute Gasteiger partial charge is 0.411 e. The Bertz CT molecular complexity index is 432. The van der Waals surface area contributed by atoms with E-state index in [1.807, 2.05) is 0 Å². The zero-order chi connectivity index (χ0) is 16.9. The number of esters is 1. The number of rotatable bonds is 4. The maximum absolute atomic E-state index is 12.3. The van der Waals surface area contributed by atoms with Gasteiger partial charge in [-0.15, -0.1) is 0 Å². The molecule has 1 unspecified atom stereocenters. The first-order valence-electron chi connectivity index (χ1n) is 7.24. The van der Waals surface area contributed by atoms with E-state index in [0.29, 0.717) is 0 Å². The molecule has 1 rings (SSSR count). The standard InChI is InChI=1S/C14H24N2O6/c1-5-21-11(18)8-15-6-7-16(10(9-17)12(15)19)13(20)22-14(2,3)4/h10,17H,5-9H2,1-4H3. The molecule has 0 aromatic heterocycles. The van der Waals surface area contributed by atoms with Crippen molar-refractivity contribution in [2.45, 2.75) is 39.3 Å². The fourth-order valence-electron chi connectivity index (χ4n) is 2.07. The monoisotopic (exact) mass is 316 g/mol. The van der Waals surface area contributed by atoms with Crippen LogP contribution in [-0.2, 0) is 19.1 Å². The van der Waals surface area contributed by atoms with Gasteiger partial charge in [-0.25, -0.2) is 4.79 Å². The summed E-state index contributed by atoms with van der Waals surface area (Å²) < 4.78 is 10.0. The molecule has 2 amide bonds. The first kappa shape index (κ1) is 18.2. The molecule has 0 bridgehead atoms. The highest BCUT2D eigenvalue weighted by atomic mass is 16.6. The van der Waals surface area contributed by atoms with Gasteiger partial charge in [0, 0.05) is 13.1 Å². The Morgan fingerprint density at radius 1 is 1.32 bits per heavy atom. The predicted molar refractivity (Wildman–Crippen MR) is 77.0 cm³/mol. The van der Waals surface area contributed by atoms with Crippen molar-refractivity contribution in [3.05, 3.63) is 0 Å². The molecule has 1 aliphatic rings. The Kier molecular flexibility index (Phi) is 6.16. The number of ether oxygens (including phenoxy) is 2. The van der Waals surface area contributed by atoms with Crippen molar-refractivity contribution in [3.63, 3.8) is 0 Å². The Morgan fingerprint density at radius 3 is 2.45 bits per heavy atom. The third-order valence-electron chi connectivity index (χ3n) is 3.01. The van der Waals surface area contributed by atoms with Crippen molar-refractivity contribution in [3.8, 4) is 0 Å². The lowest BCUT2D eigenvalue weighted by Crippen LogP contribution is -2.61. The highest BCUT2D eigenvalue weighted by molar-refractivity contribution is 5.89. The first-order valence-corrected chi connectivity index (χ1v) is 7.24. The lowest BCUT2D eigenvalue weighted by atomic mass is 10.1. The second-order valence-corrected chi connectivity index (χ2v) is 5.94. The van der Waals surface area contributed by atoms with Crippen LogP contribution in [0.3, 0.4) is 0 Å². The molecule has 0 saturated carbocycles. The number of hydrogen-bond acceptors (Lipinski definition) is 6. The predicted octanol–water partition coefficient (Wildman–Crippen LogP) is -0.0103. The van der Waals surface area contributed by atoms with Crippen LogP contribution >= 0.6 is 0 Å². The fourth-order valence-corrected chi connectivity index (χ4v) is 2.07. The summed E-state index contributed by atoms with van der Waals surface area (Å²) in [6.07, 6.45) is -0.657. The minimum Gasteiger partial charge on any atom is -0.465 e. The fraction of sp³-hybridized carbons (Fsp3) is 0.786. The Labute approximate surface area is 130 Å². The molecule has 22 heavy (non-hydrogen) atoms. The Balaban J connectivity index is 2.74. The van der Waals surface area contributed by atoms with Gasteiger partial charge in [0.15, 0.2) is 0 Å². The van der Waals surface area contributed by atoms with Crippen LogP contribution in [0, 0.1) is 0 Å². The minimum atomic E-state index is -1.04. The quantitative estimate of drug-likeness (QED) is 0.733. The molecule has 126 valence electrons. The topological polar surface area (TPSA) is 96.4 Å². The molecular formula is C14H24N2O6. The van der Waals surface area contributed by atoms with Crippen LogP contribution in [-0.4, -0.2) is 77.4 Å². The number of nitrogens with zero attached hydrogens (tertiary/aromatic N) is 2. The van der Waals surface area contributed by atoms with Gasteiger partial charge in [-0.1, -0.05) is 0 Å². The van der Waals surface area contributed by atoms with Gasteiger partial charge < -0.3 is 19.5 Å². The summed E-state index contributed by atoms with van der Waals surface area (Å²) in [4.78, 5) is 38.3. The summed E-state index contributed by atoms with van der Waals surface area (Å²) in [6.45, 7) is 6.72. The zero-order valence-electron chi connectivity index (χ0n) is 13.5. The highest BCUT2D eigenvalue weighted by Crippen LogP contribution is 2.16. The maximum Gasteiger partial charge on any atom is 0.411 e. The Hall–Kier alpha value is -1.83. The molecule has 0 spiro atoms. The van der Waals surface area contributed by atoms with E-state index in [1.54, 1.807) is 27.7 Å². The number of amides is 2. The number of aliphatic hydroxyl groups excluding tert-OH is 1. The van der Waals surface area contributed by atoms with Gasteiger partial charge in [-0.2, -0.15) is 0 Å². The average Bonchev–Trinajstić information content (AvgIpc) is 2.39. The largest absolute Gasteiger partial charge is 0.465 e. The van der Waals surface area contributed by atoms with Crippen molar-refractivity contribution >= 4 is 18.0 Å². The van der Waals surface area contributed by atoms with Gasteiger partial charge in [0.05, 0.1) is 13.2 Å². The van der Waals surface area contributed by atoms with E-state index in [4.69, 9.17) is 9.47 Å². The second-order valence-electron chi connectivity index (χ2n) is 5.94. The second kappa shape index (κ2) is 7.44. The summed E-state index contributed by atoms with van der Waals surface area (Å²) in [7, 11) is 0. The van der Waals surface area contributed by atoms with E-state index in [1.165, 1.54) is 9.80 Å². The molecule has 1 N–H and O–H groups in total. The molecule has 8 nitrogen and oxygen atoms in total. The van der Waals surface area contributed by atoms with E-state index in [-0.39, 0.29) is 26.2 Å². The lowest BCUT2D eigenvalue weighted by molar-refractivity contribution is -0.154. The number of carbonyl (C=O) groups is 3. The van der Waals surface area contributed by atoms with Gasteiger partial charge >= 0.3 is 12.1 Å². The van der Waals surface area contributed by atoms with Crippen LogP contribution < -0.4 is 0 Å². The highest BCUT2D eigenvalue weighted by Gasteiger charge is 2.39. The number of piperazine rings is 1. The van der Waals surface area contributed by atoms with Gasteiger partial charge in [-0.3, -0.25) is 14.5 Å². The van der Waals surface area contributed by atoms with Crippen LogP contribution in [0.15, 0.2) is 0 Å². The van der Waals surface area contributed by atoms with E-state index in [2.05, 4.69) is 0 Å². The third-order valence-corrected chi connectivity index (χ3v) is 3.01. The van der Waals surface area contributed by atoms with Crippen molar-refractivity contribution < 1.29 is 29.0 Å². The molecular weight excluding hydrogens is 292 g/mol. The average molecular weight is 316 g/mol. The molecule has 1 fully saturated rings. The summed E-state index contributed by atoms with van der Waals surface area (Å²) >= 11 is 0. The van der Waals surface area contributed by atoms with Gasteiger partial charge in [-0.05, 0) is 27.7 Å². The summed E-state index contributed by atoms with van der Waals surface area (Å²) in [5.74, 6) is -1.01. The van der Waals surface area contributed by atoms with Crippen molar-refractivity contribution in [2.75, 3.05) is 32.8 Å². The molecule has 0 aromatic carbocycles. The third kappa shape index (κ3) is 4.87. The van der Waals surface area contributed by atoms with Gasteiger partial charge in [0.25, 0.3) is 0 Å². The molecule has 1 heterocycles. The molecule has 1 aliphatic heterocycles. The van der Waals surface area contributed by atoms with Crippen LogP contribution in [0.1, 0.15) is 27.7 Å². The van der Waals surface area contributed by atoms with E-state index >= 15 is 0 Å². The summed E-state index contributed by atoms with van der Waals surface area (Å²) in [6, 6.07) is -1.04. The summed E-state index contributed by atoms with van der Waals surface area (Å²) in [5.41, 5.74) is -0.692. The van der Waals surface area contributed by atoms with Gasteiger partial charge in [0.1, 0.15) is 18.2 Å². The van der Waals surface area contributed by atoms with Gasteiger partial charge in [0.2, 0.25) is 5.91 Å². The molecule has 1 saturated heterocycles. The first-order chi connectivity index (χ1) is 10.2. The van der Waals surface area contributed by atoms with E-state index in [9.17, 15) is 19.5 Å². The summed E-state index contributed by atoms with van der Waals surface area (Å²) in [5, 5.41) is 9.42. The molecule has 0 aromatic rings. The van der Waals surface area contributed by atoms with Crippen LogP contribution in [0.4, 0.5) is 4.79 Å². The molecule has 8 heteroatoms. The van der Waals surface area contributed by atoms with Crippen molar-refractivity contribution in [2.24, 2.45) is 0 Å².